The van der Waals surface area contributed by atoms with Gasteiger partial charge in [-0.15, -0.1) is 0 Å². The van der Waals surface area contributed by atoms with Crippen LogP contribution in [-0.2, 0) is 6.42 Å². The molecule has 0 saturated carbocycles. The minimum absolute atomic E-state index is 0.0184. The molecule has 1 aliphatic rings. The molecule has 168 valence electrons. The van der Waals surface area contributed by atoms with E-state index in [1.807, 2.05) is 24.3 Å². The lowest BCUT2D eigenvalue weighted by Crippen LogP contribution is -2.37. The molecule has 0 radical (unpaired) electrons. The Morgan fingerprint density at radius 1 is 1.06 bits per heavy atom. The van der Waals surface area contributed by atoms with E-state index in [4.69, 9.17) is 9.15 Å². The lowest BCUT2D eigenvalue weighted by molar-refractivity contribution is 0.167. The third kappa shape index (κ3) is 4.61. The Morgan fingerprint density at radius 2 is 1.85 bits per heavy atom. The average molecular weight is 445 g/mol. The molecule has 2 N–H and O–H groups in total. The summed E-state index contributed by atoms with van der Waals surface area (Å²) < 4.78 is 25.1. The van der Waals surface area contributed by atoms with E-state index in [0.29, 0.717) is 23.1 Å². The molecule has 1 saturated heterocycles. The van der Waals surface area contributed by atoms with Crippen molar-refractivity contribution in [1.29, 1.82) is 0 Å². The van der Waals surface area contributed by atoms with Crippen LogP contribution in [0.25, 0.3) is 22.1 Å². The van der Waals surface area contributed by atoms with Gasteiger partial charge in [0.2, 0.25) is 0 Å². The highest BCUT2D eigenvalue weighted by molar-refractivity contribution is 5.88. The summed E-state index contributed by atoms with van der Waals surface area (Å²) in [4.78, 5) is 12.9. The molecule has 0 aliphatic carbocycles. The molecule has 4 aromatic rings. The van der Waals surface area contributed by atoms with Crippen LogP contribution in [0.5, 0.6) is 11.5 Å². The SMILES string of the molecule is O=c1oc2cc(O)ccc2c(Cc2ccc(OC3CCCNC3)cc2)c1-c1ccc(F)cc1. The molecule has 3 aromatic carbocycles. The predicted molar refractivity (Wildman–Crippen MR) is 125 cm³/mol. The van der Waals surface area contributed by atoms with Crippen molar-refractivity contribution < 1.29 is 18.7 Å². The molecule has 2 heterocycles. The number of piperidine rings is 1. The Morgan fingerprint density at radius 3 is 2.58 bits per heavy atom. The molecule has 1 unspecified atom stereocenters. The zero-order valence-corrected chi connectivity index (χ0v) is 18.0. The van der Waals surface area contributed by atoms with Crippen LogP contribution in [0.4, 0.5) is 4.39 Å². The van der Waals surface area contributed by atoms with Gasteiger partial charge in [-0.25, -0.2) is 9.18 Å². The minimum Gasteiger partial charge on any atom is -0.508 e. The second kappa shape index (κ2) is 9.08. The Balaban J connectivity index is 1.52. The summed E-state index contributed by atoms with van der Waals surface area (Å²) in [6.07, 6.45) is 2.78. The molecule has 5 rings (SSSR count). The third-order valence-corrected chi connectivity index (χ3v) is 5.99. The Bertz CT molecular complexity index is 1320. The smallest absolute Gasteiger partial charge is 0.344 e. The van der Waals surface area contributed by atoms with E-state index in [1.165, 1.54) is 18.2 Å². The van der Waals surface area contributed by atoms with Crippen LogP contribution >= 0.6 is 0 Å². The van der Waals surface area contributed by atoms with Gasteiger partial charge in [0.25, 0.3) is 0 Å². The molecule has 1 fully saturated rings. The van der Waals surface area contributed by atoms with Crippen molar-refractivity contribution in [2.24, 2.45) is 0 Å². The fraction of sp³-hybridized carbons (Fsp3) is 0.222. The quantitative estimate of drug-likeness (QED) is 0.422. The number of phenolic OH excluding ortho intramolecular Hbond substituents is 1. The summed E-state index contributed by atoms with van der Waals surface area (Å²) in [7, 11) is 0. The van der Waals surface area contributed by atoms with Crippen molar-refractivity contribution in [2.75, 3.05) is 13.1 Å². The lowest BCUT2D eigenvalue weighted by atomic mass is 9.93. The van der Waals surface area contributed by atoms with E-state index >= 15 is 0 Å². The molecule has 33 heavy (non-hydrogen) atoms. The number of halogens is 1. The van der Waals surface area contributed by atoms with Gasteiger partial charge in [-0.3, -0.25) is 0 Å². The molecule has 1 atom stereocenters. The molecule has 1 aromatic heterocycles. The van der Waals surface area contributed by atoms with Crippen molar-refractivity contribution in [3.8, 4) is 22.6 Å². The summed E-state index contributed by atoms with van der Waals surface area (Å²) in [6.45, 7) is 1.88. The second-order valence-corrected chi connectivity index (χ2v) is 8.34. The summed E-state index contributed by atoms with van der Waals surface area (Å²) in [6, 6.07) is 18.4. The van der Waals surface area contributed by atoms with Gasteiger partial charge in [0.1, 0.15) is 29.0 Å². The predicted octanol–water partition coefficient (Wildman–Crippen LogP) is 5.03. The molecule has 0 spiro atoms. The van der Waals surface area contributed by atoms with Crippen molar-refractivity contribution in [1.82, 2.24) is 5.32 Å². The standard InChI is InChI=1S/C27H24FNO4/c28-19-7-5-18(6-8-19)26-24(23-12-9-20(30)15-25(23)33-27(26)31)14-17-3-10-21(11-4-17)32-22-2-1-13-29-16-22/h3-12,15,22,29-30H,1-2,13-14,16H2. The van der Waals surface area contributed by atoms with E-state index in [0.717, 1.165) is 48.2 Å². The van der Waals surface area contributed by atoms with Crippen LogP contribution in [0.2, 0.25) is 0 Å². The maximum atomic E-state index is 13.5. The van der Waals surface area contributed by atoms with Gasteiger partial charge in [-0.2, -0.15) is 0 Å². The Hall–Kier alpha value is -3.64. The number of ether oxygens (including phenoxy) is 1. The number of nitrogens with one attached hydrogen (secondary N) is 1. The number of rotatable bonds is 5. The van der Waals surface area contributed by atoms with Crippen LogP contribution < -0.4 is 15.7 Å². The van der Waals surface area contributed by atoms with E-state index in [-0.39, 0.29) is 17.7 Å². The van der Waals surface area contributed by atoms with Crippen LogP contribution in [0, 0.1) is 5.82 Å². The van der Waals surface area contributed by atoms with E-state index in [9.17, 15) is 14.3 Å². The zero-order valence-electron chi connectivity index (χ0n) is 18.0. The van der Waals surface area contributed by atoms with Crippen LogP contribution in [0.1, 0.15) is 24.0 Å². The van der Waals surface area contributed by atoms with Crippen LogP contribution in [-0.4, -0.2) is 24.3 Å². The molecule has 6 heteroatoms. The molecule has 1 aliphatic heterocycles. The van der Waals surface area contributed by atoms with Crippen LogP contribution in [0.15, 0.2) is 75.9 Å². The minimum atomic E-state index is -0.528. The molecule has 0 amide bonds. The Labute approximate surface area is 190 Å². The first kappa shape index (κ1) is 21.2. The van der Waals surface area contributed by atoms with Crippen LogP contribution in [0.3, 0.4) is 0 Å². The fourth-order valence-electron chi connectivity index (χ4n) is 4.35. The topological polar surface area (TPSA) is 71.7 Å². The van der Waals surface area contributed by atoms with Crippen molar-refractivity contribution in [3.05, 3.63) is 94.1 Å². The van der Waals surface area contributed by atoms with Gasteiger partial charge < -0.3 is 19.6 Å². The highest BCUT2D eigenvalue weighted by Gasteiger charge is 2.18. The van der Waals surface area contributed by atoms with Gasteiger partial charge in [0.15, 0.2) is 0 Å². The average Bonchev–Trinajstić information content (AvgIpc) is 2.82. The maximum Gasteiger partial charge on any atom is 0.344 e. The summed E-state index contributed by atoms with van der Waals surface area (Å²) in [5.74, 6) is 0.456. The monoisotopic (exact) mass is 445 g/mol. The number of hydrogen-bond acceptors (Lipinski definition) is 5. The van der Waals surface area contributed by atoms with Crippen molar-refractivity contribution in [3.63, 3.8) is 0 Å². The largest absolute Gasteiger partial charge is 0.508 e. The first-order valence-electron chi connectivity index (χ1n) is 11.1. The van der Waals surface area contributed by atoms with Gasteiger partial charge in [0.05, 0.1) is 5.56 Å². The summed E-state index contributed by atoms with van der Waals surface area (Å²) in [5, 5.41) is 13.9. The molecule has 0 bridgehead atoms. The molecular weight excluding hydrogens is 421 g/mol. The Kier molecular flexibility index (Phi) is 5.84. The molecule has 5 nitrogen and oxygen atoms in total. The number of aromatic hydroxyl groups is 1. The van der Waals surface area contributed by atoms with E-state index in [2.05, 4.69) is 5.32 Å². The normalized spacial score (nSPS) is 16.1. The molecular formula is C27H24FNO4. The van der Waals surface area contributed by atoms with Gasteiger partial charge in [-0.1, -0.05) is 24.3 Å². The summed E-state index contributed by atoms with van der Waals surface area (Å²) in [5.41, 5.74) is 2.51. The van der Waals surface area contributed by atoms with E-state index < -0.39 is 5.63 Å². The van der Waals surface area contributed by atoms with E-state index in [1.54, 1.807) is 24.3 Å². The number of phenols is 1. The van der Waals surface area contributed by atoms with Crippen molar-refractivity contribution in [2.45, 2.75) is 25.4 Å². The number of hydrogen-bond donors (Lipinski definition) is 2. The van der Waals surface area contributed by atoms with Gasteiger partial charge in [-0.05, 0) is 78.9 Å². The second-order valence-electron chi connectivity index (χ2n) is 8.34. The number of fused-ring (bicyclic) bond motifs is 1. The third-order valence-electron chi connectivity index (χ3n) is 5.99. The first-order valence-corrected chi connectivity index (χ1v) is 11.1. The van der Waals surface area contributed by atoms with Gasteiger partial charge in [0, 0.05) is 18.0 Å². The fourth-order valence-corrected chi connectivity index (χ4v) is 4.35. The highest BCUT2D eigenvalue weighted by Crippen LogP contribution is 2.31. The maximum absolute atomic E-state index is 13.5. The lowest BCUT2D eigenvalue weighted by Gasteiger charge is -2.24. The van der Waals surface area contributed by atoms with Crippen molar-refractivity contribution >= 4 is 11.0 Å². The number of benzene rings is 3. The zero-order chi connectivity index (χ0) is 22.8. The van der Waals surface area contributed by atoms with Gasteiger partial charge >= 0.3 is 5.63 Å². The summed E-state index contributed by atoms with van der Waals surface area (Å²) >= 11 is 0. The first-order chi connectivity index (χ1) is 16.1. The highest BCUT2D eigenvalue weighted by atomic mass is 19.1.